The van der Waals surface area contributed by atoms with Crippen LogP contribution in [-0.4, -0.2) is 122 Å². The molecule has 7 rings (SSSR count). The standard InChI is InChI=1S/C42H52F4N10O3S/c1-41(2,59)27-56-26-30(23-48-56)38-34(42(44,45)46)24-47-40(51-38)49-36-10-8-32(22-35(36)43)60-52(3)16-17-53-14-12-28(13-15-53)25-54-18-20-55(21-19-54)31-6-4-29(5-7-31)33-9-11-37(57)50-39(33)58/h4-8,10,22-24,26,28,33,59H,9,11-21,25,27H2,1-3H3,(H,47,49,51)(H,50,57,58). The maximum atomic E-state index is 15.3. The molecule has 0 aliphatic carbocycles. The summed E-state index contributed by atoms with van der Waals surface area (Å²) >= 11 is 1.42. The van der Waals surface area contributed by atoms with Crippen LogP contribution in [0.1, 0.15) is 56.6 Å². The lowest BCUT2D eigenvalue weighted by Gasteiger charge is -2.40. The Labute approximate surface area is 351 Å². The molecule has 13 nitrogen and oxygen atoms in total. The van der Waals surface area contributed by atoms with E-state index in [1.807, 2.05) is 19.2 Å². The number of piperidine rings is 2. The van der Waals surface area contributed by atoms with Crippen molar-refractivity contribution in [1.29, 1.82) is 0 Å². The summed E-state index contributed by atoms with van der Waals surface area (Å²) in [4.78, 5) is 39.8. The van der Waals surface area contributed by atoms with Crippen LogP contribution in [-0.2, 0) is 22.3 Å². The highest BCUT2D eigenvalue weighted by Crippen LogP contribution is 2.37. The molecule has 0 bridgehead atoms. The Kier molecular flexibility index (Phi) is 13.4. The number of likely N-dealkylation sites (N-methyl/N-ethyl adjacent to an activating group) is 1. The number of nitrogens with zero attached hydrogens (tertiary/aromatic N) is 8. The maximum absolute atomic E-state index is 15.3. The molecule has 3 aliphatic heterocycles. The molecule has 60 heavy (non-hydrogen) atoms. The second-order valence-corrected chi connectivity index (χ2v) is 17.8. The molecule has 3 aliphatic rings. The van der Waals surface area contributed by atoms with Gasteiger partial charge in [0.05, 0.1) is 35.6 Å². The molecule has 4 aromatic rings. The summed E-state index contributed by atoms with van der Waals surface area (Å²) in [6, 6.07) is 12.9. The number of hydrogen-bond donors (Lipinski definition) is 3. The van der Waals surface area contributed by atoms with Gasteiger partial charge in [0.15, 0.2) is 0 Å². The Morgan fingerprint density at radius 3 is 2.37 bits per heavy atom. The van der Waals surface area contributed by atoms with Crippen LogP contribution in [0.4, 0.5) is 34.9 Å². The first kappa shape index (κ1) is 43.5. The molecule has 1 atom stereocenters. The highest BCUT2D eigenvalue weighted by atomic mass is 32.2. The van der Waals surface area contributed by atoms with E-state index in [-0.39, 0.29) is 41.5 Å². The second-order valence-electron chi connectivity index (χ2n) is 16.6. The molecule has 18 heteroatoms. The lowest BCUT2D eigenvalue weighted by Crippen LogP contribution is -2.49. The van der Waals surface area contributed by atoms with Crippen LogP contribution >= 0.6 is 11.9 Å². The first-order valence-corrected chi connectivity index (χ1v) is 21.1. The number of carbonyl (C=O) groups is 2. The summed E-state index contributed by atoms with van der Waals surface area (Å²) < 4.78 is 60.4. The number of piperazine rings is 1. The topological polar surface area (TPSA) is 135 Å². The summed E-state index contributed by atoms with van der Waals surface area (Å²) in [6.07, 6.45) is 1.75. The largest absolute Gasteiger partial charge is 0.419 e. The molecule has 3 fully saturated rings. The normalized spacial score (nSPS) is 18.9. The Bertz CT molecular complexity index is 2110. The lowest BCUT2D eigenvalue weighted by molar-refractivity contribution is -0.137. The smallest absolute Gasteiger partial charge is 0.389 e. The highest BCUT2D eigenvalue weighted by molar-refractivity contribution is 7.97. The van der Waals surface area contributed by atoms with E-state index in [1.165, 1.54) is 41.2 Å². The molecule has 0 radical (unpaired) electrons. The molecule has 322 valence electrons. The van der Waals surface area contributed by atoms with Crippen molar-refractivity contribution in [2.75, 3.05) is 76.2 Å². The van der Waals surface area contributed by atoms with Crippen LogP contribution in [0.5, 0.6) is 0 Å². The predicted octanol–water partition coefficient (Wildman–Crippen LogP) is 6.01. The van der Waals surface area contributed by atoms with Crippen molar-refractivity contribution in [1.82, 2.24) is 39.2 Å². The zero-order valence-corrected chi connectivity index (χ0v) is 34.9. The van der Waals surface area contributed by atoms with E-state index >= 15 is 4.39 Å². The molecule has 0 spiro atoms. The minimum absolute atomic E-state index is 0.0218. The Morgan fingerprint density at radius 1 is 0.967 bits per heavy atom. The molecule has 1 unspecified atom stereocenters. The molecule has 2 amide bonds. The maximum Gasteiger partial charge on any atom is 0.419 e. The number of nitrogens with one attached hydrogen (secondary N) is 2. The van der Waals surface area contributed by atoms with Gasteiger partial charge in [-0.2, -0.15) is 18.3 Å². The number of aliphatic hydroxyl groups is 1. The molecular formula is C42H52F4N10O3S. The number of rotatable bonds is 14. The van der Waals surface area contributed by atoms with Gasteiger partial charge < -0.3 is 20.2 Å². The molecule has 3 N–H and O–H groups in total. The average molecular weight is 853 g/mol. The third-order valence-electron chi connectivity index (χ3n) is 11.2. The van der Waals surface area contributed by atoms with Crippen LogP contribution in [0.3, 0.4) is 0 Å². The van der Waals surface area contributed by atoms with Gasteiger partial charge in [-0.25, -0.2) is 18.7 Å². The van der Waals surface area contributed by atoms with Gasteiger partial charge in [0.1, 0.15) is 11.4 Å². The number of halogens is 4. The third kappa shape index (κ3) is 11.4. The van der Waals surface area contributed by atoms with Gasteiger partial charge in [-0.05, 0) is 107 Å². The Balaban J connectivity index is 0.830. The predicted molar refractivity (Wildman–Crippen MR) is 222 cm³/mol. The number of anilines is 3. The van der Waals surface area contributed by atoms with Gasteiger partial charge in [-0.3, -0.25) is 24.5 Å². The summed E-state index contributed by atoms with van der Waals surface area (Å²) in [6.45, 7) is 12.0. The van der Waals surface area contributed by atoms with Gasteiger partial charge in [-0.15, -0.1) is 0 Å². The third-order valence-corrected chi connectivity index (χ3v) is 12.2. The number of amides is 2. The van der Waals surface area contributed by atoms with Crippen molar-refractivity contribution in [3.8, 4) is 11.3 Å². The van der Waals surface area contributed by atoms with Gasteiger partial charge >= 0.3 is 6.18 Å². The summed E-state index contributed by atoms with van der Waals surface area (Å²) in [7, 11) is 1.97. The van der Waals surface area contributed by atoms with Crippen molar-refractivity contribution in [3.05, 3.63) is 78.0 Å². The fourth-order valence-corrected chi connectivity index (χ4v) is 8.81. The molecule has 2 aromatic heterocycles. The number of carbonyl (C=O) groups excluding carboxylic acids is 2. The van der Waals surface area contributed by atoms with Gasteiger partial charge in [-0.1, -0.05) is 12.1 Å². The summed E-state index contributed by atoms with van der Waals surface area (Å²) in [5.74, 6) is -0.815. The molecule has 0 saturated carbocycles. The molecule has 5 heterocycles. The number of imide groups is 1. The van der Waals surface area contributed by atoms with Crippen molar-refractivity contribution in [2.24, 2.45) is 5.92 Å². The first-order valence-electron chi connectivity index (χ1n) is 20.3. The van der Waals surface area contributed by atoms with Crippen molar-refractivity contribution < 1.29 is 32.3 Å². The highest BCUT2D eigenvalue weighted by Gasteiger charge is 2.36. The Hall–Kier alpha value is -4.62. The van der Waals surface area contributed by atoms with E-state index in [2.05, 4.69) is 56.8 Å². The van der Waals surface area contributed by atoms with Gasteiger partial charge in [0.2, 0.25) is 17.8 Å². The number of aromatic nitrogens is 4. The Morgan fingerprint density at radius 2 is 1.70 bits per heavy atom. The van der Waals surface area contributed by atoms with Crippen molar-refractivity contribution >= 4 is 41.1 Å². The first-order chi connectivity index (χ1) is 28.6. The molecule has 3 saturated heterocycles. The average Bonchev–Trinajstić information content (AvgIpc) is 3.66. The molecular weight excluding hydrogens is 801 g/mol. The van der Waals surface area contributed by atoms with Gasteiger partial charge in [0.25, 0.3) is 0 Å². The van der Waals surface area contributed by atoms with Crippen LogP contribution in [0.2, 0.25) is 0 Å². The zero-order valence-electron chi connectivity index (χ0n) is 34.1. The van der Waals surface area contributed by atoms with Crippen LogP contribution in [0.15, 0.2) is 66.0 Å². The minimum atomic E-state index is -4.74. The zero-order chi connectivity index (χ0) is 42.6. The SMILES string of the molecule is CN(CCN1CCC(CN2CCN(c3ccc(C4CCC(=O)NC4=O)cc3)CC2)CC1)Sc1ccc(Nc2ncc(C(F)(F)F)c(-c3cnn(CC(C)(C)O)c3)n2)c(F)c1. The van der Waals surface area contributed by atoms with E-state index in [0.717, 1.165) is 83.0 Å². The van der Waals surface area contributed by atoms with E-state index < -0.39 is 28.9 Å². The number of likely N-dealkylation sites (tertiary alicyclic amines) is 1. The summed E-state index contributed by atoms with van der Waals surface area (Å²) in [5.41, 5.74) is -0.387. The quantitative estimate of drug-likeness (QED) is 0.0780. The van der Waals surface area contributed by atoms with E-state index in [9.17, 15) is 27.9 Å². The lowest BCUT2D eigenvalue weighted by atomic mass is 9.90. The number of hydrogen-bond acceptors (Lipinski definition) is 12. The van der Waals surface area contributed by atoms with E-state index in [1.54, 1.807) is 19.9 Å². The van der Waals surface area contributed by atoms with Crippen molar-refractivity contribution in [3.63, 3.8) is 0 Å². The molecule has 2 aromatic carbocycles. The van der Waals surface area contributed by atoms with Crippen LogP contribution in [0.25, 0.3) is 11.3 Å². The van der Waals surface area contributed by atoms with Crippen molar-refractivity contribution in [2.45, 2.75) is 68.7 Å². The number of alkyl halides is 3. The summed E-state index contributed by atoms with van der Waals surface area (Å²) in [5, 5.41) is 19.3. The van der Waals surface area contributed by atoms with Crippen LogP contribution < -0.4 is 15.5 Å². The number of benzene rings is 2. The van der Waals surface area contributed by atoms with Crippen LogP contribution in [0, 0.1) is 11.7 Å². The fraction of sp³-hybridized carbons (Fsp3) is 0.500. The van der Waals surface area contributed by atoms with Gasteiger partial charge in [0, 0.05) is 80.8 Å². The minimum Gasteiger partial charge on any atom is -0.389 e. The monoisotopic (exact) mass is 852 g/mol. The van der Waals surface area contributed by atoms with E-state index in [4.69, 9.17) is 0 Å². The van der Waals surface area contributed by atoms with E-state index in [0.29, 0.717) is 29.9 Å². The second kappa shape index (κ2) is 18.6. The fourth-order valence-electron chi connectivity index (χ4n) is 8.00.